The van der Waals surface area contributed by atoms with Gasteiger partial charge in [0.25, 0.3) is 0 Å². The van der Waals surface area contributed by atoms with Gasteiger partial charge in [-0.15, -0.1) is 0 Å². The van der Waals surface area contributed by atoms with Gasteiger partial charge < -0.3 is 10.6 Å². The predicted octanol–water partition coefficient (Wildman–Crippen LogP) is 2.29. The zero-order valence-corrected chi connectivity index (χ0v) is 10.00. The van der Waals surface area contributed by atoms with Crippen molar-refractivity contribution in [3.05, 3.63) is 28.8 Å². The van der Waals surface area contributed by atoms with Gasteiger partial charge in [-0.25, -0.2) is 0 Å². The number of nitrogen functional groups attached to an aromatic ring is 1. The molecule has 1 aromatic carbocycles. The van der Waals surface area contributed by atoms with Crippen LogP contribution in [0.1, 0.15) is 18.9 Å². The number of carbonyl (C=O) groups is 1. The third kappa shape index (κ3) is 2.30. The second-order valence-electron chi connectivity index (χ2n) is 4.43. The van der Waals surface area contributed by atoms with Crippen LogP contribution in [0.3, 0.4) is 0 Å². The molecule has 1 unspecified atom stereocenters. The first-order valence-corrected chi connectivity index (χ1v) is 5.75. The fraction of sp³-hybridized carbons (Fsp3) is 0.417. The first-order chi connectivity index (χ1) is 7.56. The highest BCUT2D eigenvalue weighted by Crippen LogP contribution is 2.24. The number of amides is 1. The Hall–Kier alpha value is -1.22. The molecule has 3 nitrogen and oxygen atoms in total. The molecule has 4 heteroatoms. The second-order valence-corrected chi connectivity index (χ2v) is 4.84. The molecule has 0 spiro atoms. The maximum absolute atomic E-state index is 11.6. The lowest BCUT2D eigenvalue weighted by Gasteiger charge is -2.17. The number of likely N-dealkylation sites (tertiary alicyclic amines) is 1. The molecule has 1 aromatic rings. The van der Waals surface area contributed by atoms with Crippen LogP contribution in [-0.4, -0.2) is 17.4 Å². The van der Waals surface area contributed by atoms with Crippen LogP contribution < -0.4 is 5.73 Å². The van der Waals surface area contributed by atoms with E-state index in [4.69, 9.17) is 17.3 Å². The summed E-state index contributed by atoms with van der Waals surface area (Å²) in [4.78, 5) is 13.5. The van der Waals surface area contributed by atoms with Gasteiger partial charge in [-0.1, -0.05) is 18.5 Å². The van der Waals surface area contributed by atoms with E-state index in [0.29, 0.717) is 29.6 Å². The predicted molar refractivity (Wildman–Crippen MR) is 65.1 cm³/mol. The molecule has 1 aliphatic heterocycles. The van der Waals surface area contributed by atoms with Crippen LogP contribution in [0.25, 0.3) is 0 Å². The van der Waals surface area contributed by atoms with Gasteiger partial charge in [-0.05, 0) is 29.7 Å². The van der Waals surface area contributed by atoms with Gasteiger partial charge >= 0.3 is 0 Å². The maximum Gasteiger partial charge on any atom is 0.223 e. The zero-order chi connectivity index (χ0) is 11.7. The summed E-state index contributed by atoms with van der Waals surface area (Å²) in [5.74, 6) is 0.637. The minimum absolute atomic E-state index is 0.200. The number of hydrogen-bond donors (Lipinski definition) is 1. The lowest BCUT2D eigenvalue weighted by Crippen LogP contribution is -2.24. The van der Waals surface area contributed by atoms with Gasteiger partial charge in [0.2, 0.25) is 5.91 Å². The molecule has 16 heavy (non-hydrogen) atoms. The van der Waals surface area contributed by atoms with Gasteiger partial charge in [0.05, 0.1) is 0 Å². The number of halogens is 1. The van der Waals surface area contributed by atoms with Crippen LogP contribution in [0.15, 0.2) is 18.2 Å². The number of nitrogens with zero attached hydrogens (tertiary/aromatic N) is 1. The first-order valence-electron chi connectivity index (χ1n) is 5.38. The average molecular weight is 239 g/mol. The lowest BCUT2D eigenvalue weighted by atomic mass is 10.1. The van der Waals surface area contributed by atoms with Gasteiger partial charge in [-0.3, -0.25) is 4.79 Å². The number of benzene rings is 1. The van der Waals surface area contributed by atoms with Crippen LogP contribution in [-0.2, 0) is 11.3 Å². The molecule has 86 valence electrons. The Kier molecular flexibility index (Phi) is 3.06. The summed E-state index contributed by atoms with van der Waals surface area (Å²) in [6.07, 6.45) is 0.639. The summed E-state index contributed by atoms with van der Waals surface area (Å²) in [7, 11) is 0. The highest BCUT2D eigenvalue weighted by Gasteiger charge is 2.26. The Morgan fingerprint density at radius 3 is 2.94 bits per heavy atom. The Bertz CT molecular complexity index is 419. The van der Waals surface area contributed by atoms with Crippen LogP contribution >= 0.6 is 11.6 Å². The number of anilines is 1. The van der Waals surface area contributed by atoms with E-state index in [1.54, 1.807) is 12.1 Å². The molecule has 2 rings (SSSR count). The summed E-state index contributed by atoms with van der Waals surface area (Å²) in [5, 5.41) is 0.668. The molecule has 1 fully saturated rings. The van der Waals surface area contributed by atoms with Gasteiger partial charge in [0, 0.05) is 30.2 Å². The molecule has 2 N–H and O–H groups in total. The summed E-state index contributed by atoms with van der Waals surface area (Å²) in [6.45, 7) is 3.45. The monoisotopic (exact) mass is 238 g/mol. The lowest BCUT2D eigenvalue weighted by molar-refractivity contribution is -0.128. The number of hydrogen-bond acceptors (Lipinski definition) is 2. The van der Waals surface area contributed by atoms with E-state index >= 15 is 0 Å². The van der Waals surface area contributed by atoms with E-state index in [-0.39, 0.29) is 5.91 Å². The Labute approximate surface area is 100 Å². The molecule has 1 saturated heterocycles. The third-order valence-electron chi connectivity index (χ3n) is 2.84. The van der Waals surface area contributed by atoms with Crippen molar-refractivity contribution >= 4 is 23.2 Å². The Balaban J connectivity index is 2.15. The van der Waals surface area contributed by atoms with Crippen LogP contribution in [0.4, 0.5) is 5.69 Å². The highest BCUT2D eigenvalue weighted by molar-refractivity contribution is 6.31. The highest BCUT2D eigenvalue weighted by atomic mass is 35.5. The van der Waals surface area contributed by atoms with E-state index in [1.165, 1.54) is 0 Å². The van der Waals surface area contributed by atoms with Crippen molar-refractivity contribution in [2.45, 2.75) is 19.9 Å². The average Bonchev–Trinajstić information content (AvgIpc) is 2.51. The molecule has 0 aromatic heterocycles. The molecule has 1 heterocycles. The van der Waals surface area contributed by atoms with Gasteiger partial charge in [0.15, 0.2) is 0 Å². The van der Waals surface area contributed by atoms with Crippen LogP contribution in [0.2, 0.25) is 5.02 Å². The van der Waals surface area contributed by atoms with E-state index in [0.717, 1.165) is 12.1 Å². The van der Waals surface area contributed by atoms with Crippen molar-refractivity contribution in [1.82, 2.24) is 4.90 Å². The molecule has 0 saturated carbocycles. The van der Waals surface area contributed by atoms with Crippen LogP contribution in [0.5, 0.6) is 0 Å². The molecule has 1 aliphatic rings. The number of carbonyl (C=O) groups excluding carboxylic acids is 1. The molecule has 0 bridgehead atoms. The van der Waals surface area contributed by atoms with E-state index in [2.05, 4.69) is 6.92 Å². The van der Waals surface area contributed by atoms with E-state index < -0.39 is 0 Å². The number of nitrogens with two attached hydrogens (primary N) is 1. The van der Waals surface area contributed by atoms with Crippen molar-refractivity contribution in [3.8, 4) is 0 Å². The SMILES string of the molecule is CC1CC(=O)N(Cc2cc(N)ccc2Cl)C1. The zero-order valence-electron chi connectivity index (χ0n) is 9.24. The third-order valence-corrected chi connectivity index (χ3v) is 3.21. The number of rotatable bonds is 2. The van der Waals surface area contributed by atoms with Crippen molar-refractivity contribution in [3.63, 3.8) is 0 Å². The smallest absolute Gasteiger partial charge is 0.223 e. The van der Waals surface area contributed by atoms with Gasteiger partial charge in [-0.2, -0.15) is 0 Å². The minimum atomic E-state index is 0.200. The van der Waals surface area contributed by atoms with Crippen molar-refractivity contribution in [2.24, 2.45) is 5.92 Å². The maximum atomic E-state index is 11.6. The molecule has 1 atom stereocenters. The second kappa shape index (κ2) is 4.34. The van der Waals surface area contributed by atoms with E-state index in [9.17, 15) is 4.79 Å². The largest absolute Gasteiger partial charge is 0.399 e. The summed E-state index contributed by atoms with van der Waals surface area (Å²) < 4.78 is 0. The van der Waals surface area contributed by atoms with Crippen LogP contribution in [0, 0.1) is 5.92 Å². The summed E-state index contributed by atoms with van der Waals surface area (Å²) >= 11 is 6.07. The molecule has 1 amide bonds. The van der Waals surface area contributed by atoms with Crippen molar-refractivity contribution in [2.75, 3.05) is 12.3 Å². The Morgan fingerprint density at radius 2 is 2.31 bits per heavy atom. The van der Waals surface area contributed by atoms with Gasteiger partial charge in [0.1, 0.15) is 0 Å². The Morgan fingerprint density at radius 1 is 1.56 bits per heavy atom. The van der Waals surface area contributed by atoms with Crippen molar-refractivity contribution < 1.29 is 4.79 Å². The molecular formula is C12H15ClN2O. The van der Waals surface area contributed by atoms with E-state index in [1.807, 2.05) is 11.0 Å². The fourth-order valence-corrected chi connectivity index (χ4v) is 2.22. The first kappa shape index (κ1) is 11.3. The summed E-state index contributed by atoms with van der Waals surface area (Å²) in [5.41, 5.74) is 7.30. The summed E-state index contributed by atoms with van der Waals surface area (Å²) in [6, 6.07) is 5.37. The minimum Gasteiger partial charge on any atom is -0.399 e. The standard InChI is InChI=1S/C12H15ClN2O/c1-8-4-12(16)15(6-8)7-9-5-10(14)2-3-11(9)13/h2-3,5,8H,4,6-7,14H2,1H3. The normalized spacial score (nSPS) is 20.5. The fourth-order valence-electron chi connectivity index (χ4n) is 2.04. The molecular weight excluding hydrogens is 224 g/mol. The topological polar surface area (TPSA) is 46.3 Å². The van der Waals surface area contributed by atoms with Crippen molar-refractivity contribution in [1.29, 1.82) is 0 Å². The molecule has 0 aliphatic carbocycles. The molecule has 0 radical (unpaired) electrons. The quantitative estimate of drug-likeness (QED) is 0.804.